The van der Waals surface area contributed by atoms with Crippen molar-refractivity contribution < 1.29 is 19.2 Å². The smallest absolute Gasteiger partial charge is 0.338 e. The number of aromatic nitrogens is 2. The van der Waals surface area contributed by atoms with Gasteiger partial charge in [0.15, 0.2) is 6.33 Å². The van der Waals surface area contributed by atoms with Crippen LogP contribution in [0.15, 0.2) is 22.3 Å². The molecule has 0 spiro atoms. The van der Waals surface area contributed by atoms with Gasteiger partial charge in [0.2, 0.25) is 5.89 Å². The Morgan fingerprint density at radius 1 is 1.47 bits per heavy atom. The Bertz CT molecular complexity index is 566. The number of carboxylic acids is 1. The van der Waals surface area contributed by atoms with Crippen LogP contribution in [0.4, 0.5) is 9.80 Å². The summed E-state index contributed by atoms with van der Waals surface area (Å²) in [6.07, 6.45) is 1.68. The lowest BCUT2D eigenvalue weighted by Gasteiger charge is -2.05. The van der Waals surface area contributed by atoms with Crippen molar-refractivity contribution in [3.05, 3.63) is 29.2 Å². The zero-order valence-corrected chi connectivity index (χ0v) is 10.4. The predicted octanol–water partition coefficient (Wildman–Crippen LogP) is 1.19. The molecule has 2 amide bonds. The van der Waals surface area contributed by atoms with Crippen LogP contribution in [0.5, 0.6) is 0 Å². The van der Waals surface area contributed by atoms with Crippen LogP contribution in [-0.2, 0) is 6.42 Å². The number of amides is 2. The number of nitrogens with one attached hydrogen (secondary N) is 2. The third kappa shape index (κ3) is 3.52. The molecule has 2 aromatic rings. The highest BCUT2D eigenvalue weighted by Crippen LogP contribution is 2.22. The van der Waals surface area contributed by atoms with E-state index in [1.165, 1.54) is 12.4 Å². The average Bonchev–Trinajstić information content (AvgIpc) is 2.99. The molecule has 0 aliphatic rings. The van der Waals surface area contributed by atoms with Crippen LogP contribution in [0.2, 0.25) is 0 Å². The molecule has 0 saturated heterocycles. The lowest BCUT2D eigenvalue weighted by molar-refractivity contribution is 0.0698. The summed E-state index contributed by atoms with van der Waals surface area (Å²) in [4.78, 5) is 26.2. The lowest BCUT2D eigenvalue weighted by atomic mass is 10.3. The Morgan fingerprint density at radius 3 is 3.00 bits per heavy atom. The SMILES string of the molecule is O=C(NCCc1ncno1)Nc1sccc1C(=O)O. The zero-order valence-electron chi connectivity index (χ0n) is 9.62. The molecule has 0 atom stereocenters. The maximum absolute atomic E-state index is 11.5. The Kier molecular flexibility index (Phi) is 4.08. The molecule has 0 radical (unpaired) electrons. The quantitative estimate of drug-likeness (QED) is 0.758. The number of carboxylic acid groups (broad SMARTS) is 1. The van der Waals surface area contributed by atoms with Gasteiger partial charge in [0, 0.05) is 13.0 Å². The van der Waals surface area contributed by atoms with Gasteiger partial charge < -0.3 is 14.9 Å². The standard InChI is InChI=1S/C10H10N4O4S/c15-9(16)6-2-4-19-8(6)14-10(17)11-3-1-7-12-5-13-18-7/h2,4-5H,1,3H2,(H,15,16)(H2,11,14,17). The van der Waals surface area contributed by atoms with Gasteiger partial charge in [-0.2, -0.15) is 4.98 Å². The second kappa shape index (κ2) is 5.96. The fourth-order valence-electron chi connectivity index (χ4n) is 1.31. The maximum Gasteiger partial charge on any atom is 0.338 e. The van der Waals surface area contributed by atoms with E-state index in [2.05, 4.69) is 20.8 Å². The molecule has 0 fully saturated rings. The Hall–Kier alpha value is -2.42. The summed E-state index contributed by atoms with van der Waals surface area (Å²) in [5.41, 5.74) is 0.0667. The van der Waals surface area contributed by atoms with Gasteiger partial charge in [-0.05, 0) is 11.4 Å². The molecule has 9 heteroatoms. The van der Waals surface area contributed by atoms with Crippen LogP contribution in [0, 0.1) is 0 Å². The molecule has 0 bridgehead atoms. The number of carbonyl (C=O) groups excluding carboxylic acids is 1. The lowest BCUT2D eigenvalue weighted by Crippen LogP contribution is -2.30. The first-order valence-electron chi connectivity index (χ1n) is 5.28. The van der Waals surface area contributed by atoms with E-state index in [-0.39, 0.29) is 5.56 Å². The molecule has 3 N–H and O–H groups in total. The van der Waals surface area contributed by atoms with Gasteiger partial charge in [-0.15, -0.1) is 11.3 Å². The molecule has 19 heavy (non-hydrogen) atoms. The molecular weight excluding hydrogens is 272 g/mol. The first-order valence-corrected chi connectivity index (χ1v) is 6.16. The van der Waals surface area contributed by atoms with Gasteiger partial charge in [0.05, 0.1) is 5.56 Å². The van der Waals surface area contributed by atoms with E-state index < -0.39 is 12.0 Å². The fraction of sp³-hybridized carbons (Fsp3) is 0.200. The molecule has 8 nitrogen and oxygen atoms in total. The first-order chi connectivity index (χ1) is 9.16. The number of hydrogen-bond donors (Lipinski definition) is 3. The molecule has 0 unspecified atom stereocenters. The number of urea groups is 1. The monoisotopic (exact) mass is 282 g/mol. The summed E-state index contributed by atoms with van der Waals surface area (Å²) in [5.74, 6) is -0.662. The van der Waals surface area contributed by atoms with E-state index >= 15 is 0 Å². The van der Waals surface area contributed by atoms with E-state index in [0.717, 1.165) is 11.3 Å². The van der Waals surface area contributed by atoms with E-state index in [1.807, 2.05) is 0 Å². The van der Waals surface area contributed by atoms with Gasteiger partial charge in [0.1, 0.15) is 5.00 Å². The van der Waals surface area contributed by atoms with Crippen molar-refractivity contribution in [1.29, 1.82) is 0 Å². The summed E-state index contributed by atoms with van der Waals surface area (Å²) in [5, 5.41) is 19.2. The minimum Gasteiger partial charge on any atom is -0.478 e. The summed E-state index contributed by atoms with van der Waals surface area (Å²) in [6, 6.07) is 0.950. The van der Waals surface area contributed by atoms with Crippen LogP contribution in [0.3, 0.4) is 0 Å². The van der Waals surface area contributed by atoms with E-state index in [9.17, 15) is 9.59 Å². The molecule has 0 aliphatic heterocycles. The van der Waals surface area contributed by atoms with Crippen LogP contribution in [0.1, 0.15) is 16.2 Å². The molecular formula is C10H10N4O4S. The highest BCUT2D eigenvalue weighted by Gasteiger charge is 2.13. The minimum atomic E-state index is -1.08. The van der Waals surface area contributed by atoms with Gasteiger partial charge in [-0.25, -0.2) is 9.59 Å². The Labute approximate surface area is 111 Å². The van der Waals surface area contributed by atoms with Crippen molar-refractivity contribution in [2.24, 2.45) is 0 Å². The first kappa shape index (κ1) is 13.0. The third-order valence-electron chi connectivity index (χ3n) is 2.15. The Morgan fingerprint density at radius 2 is 2.32 bits per heavy atom. The highest BCUT2D eigenvalue weighted by molar-refractivity contribution is 7.14. The molecule has 0 aromatic carbocycles. The summed E-state index contributed by atoms with van der Waals surface area (Å²) < 4.78 is 4.76. The van der Waals surface area contributed by atoms with Gasteiger partial charge in [-0.1, -0.05) is 5.16 Å². The molecule has 2 rings (SSSR count). The predicted molar refractivity (Wildman–Crippen MR) is 66.3 cm³/mol. The second-order valence-electron chi connectivity index (χ2n) is 3.43. The van der Waals surface area contributed by atoms with Crippen molar-refractivity contribution in [2.45, 2.75) is 6.42 Å². The van der Waals surface area contributed by atoms with Gasteiger partial charge >= 0.3 is 12.0 Å². The number of hydrogen-bond acceptors (Lipinski definition) is 6. The van der Waals surface area contributed by atoms with Crippen LogP contribution in [0.25, 0.3) is 0 Å². The van der Waals surface area contributed by atoms with Crippen LogP contribution < -0.4 is 10.6 Å². The molecule has 100 valence electrons. The van der Waals surface area contributed by atoms with E-state index in [0.29, 0.717) is 23.9 Å². The second-order valence-corrected chi connectivity index (χ2v) is 4.35. The fourth-order valence-corrected chi connectivity index (χ4v) is 2.09. The number of rotatable bonds is 5. The zero-order chi connectivity index (χ0) is 13.7. The van der Waals surface area contributed by atoms with Crippen molar-refractivity contribution >= 4 is 28.3 Å². The molecule has 2 heterocycles. The van der Waals surface area contributed by atoms with Crippen LogP contribution in [-0.4, -0.2) is 33.8 Å². The third-order valence-corrected chi connectivity index (χ3v) is 2.98. The summed E-state index contributed by atoms with van der Waals surface area (Å²) in [6.45, 7) is 0.307. The molecule has 2 aromatic heterocycles. The van der Waals surface area contributed by atoms with E-state index in [1.54, 1.807) is 5.38 Å². The topological polar surface area (TPSA) is 117 Å². The number of carbonyl (C=O) groups is 2. The van der Waals surface area contributed by atoms with E-state index in [4.69, 9.17) is 9.63 Å². The van der Waals surface area contributed by atoms with Gasteiger partial charge in [-0.3, -0.25) is 5.32 Å². The minimum absolute atomic E-state index is 0.0667. The van der Waals surface area contributed by atoms with Crippen molar-refractivity contribution in [2.75, 3.05) is 11.9 Å². The summed E-state index contributed by atoms with van der Waals surface area (Å²) >= 11 is 1.14. The van der Waals surface area contributed by atoms with Crippen molar-refractivity contribution in [3.63, 3.8) is 0 Å². The number of nitrogens with zero attached hydrogens (tertiary/aromatic N) is 2. The number of thiophene rings is 1. The van der Waals surface area contributed by atoms with Crippen molar-refractivity contribution in [1.82, 2.24) is 15.5 Å². The van der Waals surface area contributed by atoms with Crippen molar-refractivity contribution in [3.8, 4) is 0 Å². The normalized spacial score (nSPS) is 10.1. The van der Waals surface area contributed by atoms with Gasteiger partial charge in [0.25, 0.3) is 0 Å². The molecule has 0 saturated carbocycles. The highest BCUT2D eigenvalue weighted by atomic mass is 32.1. The molecule has 0 aliphatic carbocycles. The Balaban J connectivity index is 1.81. The summed E-state index contributed by atoms with van der Waals surface area (Å²) in [7, 11) is 0. The largest absolute Gasteiger partial charge is 0.478 e. The van der Waals surface area contributed by atoms with Crippen LogP contribution >= 0.6 is 11.3 Å². The number of aromatic carboxylic acids is 1. The average molecular weight is 282 g/mol. The maximum atomic E-state index is 11.5. The number of anilines is 1.